The van der Waals surface area contributed by atoms with Crippen LogP contribution in [0.2, 0.25) is 12.1 Å². The molecule has 0 aliphatic rings. The second kappa shape index (κ2) is 7.10. The maximum atomic E-state index is 6.41. The lowest BCUT2D eigenvalue weighted by Crippen LogP contribution is -2.30. The zero-order valence-electron chi connectivity index (χ0n) is 10.2. The molecule has 0 aliphatic heterocycles. The second-order valence-electron chi connectivity index (χ2n) is 4.03. The van der Waals surface area contributed by atoms with Gasteiger partial charge >= 0.3 is 0 Å². The van der Waals surface area contributed by atoms with Gasteiger partial charge in [-0.1, -0.05) is 44.2 Å². The standard InChI is InChI=1S/C13H21ClOSi/c1-3-16(14,4-2)15-12-8-11-13-9-6-5-7-10-13/h5-7,9-10H,3-4,8,11-12H2,1-2H3. The van der Waals surface area contributed by atoms with Crippen molar-refractivity contribution in [3.05, 3.63) is 35.9 Å². The molecule has 0 unspecified atom stereocenters. The van der Waals surface area contributed by atoms with Gasteiger partial charge in [-0.2, -0.15) is 0 Å². The number of halogens is 1. The van der Waals surface area contributed by atoms with Crippen LogP contribution in [0.5, 0.6) is 0 Å². The summed E-state index contributed by atoms with van der Waals surface area (Å²) in [5.74, 6) is 0. The molecule has 0 heterocycles. The molecular formula is C13H21ClOSi. The van der Waals surface area contributed by atoms with Crippen molar-refractivity contribution in [1.82, 2.24) is 0 Å². The molecule has 0 atom stereocenters. The molecule has 0 fully saturated rings. The molecule has 1 rings (SSSR count). The van der Waals surface area contributed by atoms with Crippen molar-refractivity contribution in [2.24, 2.45) is 0 Å². The molecule has 90 valence electrons. The van der Waals surface area contributed by atoms with E-state index in [1.165, 1.54) is 5.56 Å². The van der Waals surface area contributed by atoms with E-state index in [9.17, 15) is 0 Å². The highest BCUT2D eigenvalue weighted by atomic mass is 35.6. The lowest BCUT2D eigenvalue weighted by Gasteiger charge is -2.21. The van der Waals surface area contributed by atoms with Gasteiger partial charge in [-0.25, -0.2) is 0 Å². The van der Waals surface area contributed by atoms with Crippen LogP contribution < -0.4 is 0 Å². The van der Waals surface area contributed by atoms with Gasteiger partial charge in [-0.05, 0) is 30.5 Å². The molecular weight excluding hydrogens is 236 g/mol. The fourth-order valence-corrected chi connectivity index (χ4v) is 3.28. The molecule has 1 aromatic rings. The Kier molecular flexibility index (Phi) is 6.10. The van der Waals surface area contributed by atoms with Crippen LogP contribution in [0.3, 0.4) is 0 Å². The Morgan fingerprint density at radius 3 is 2.31 bits per heavy atom. The van der Waals surface area contributed by atoms with E-state index in [2.05, 4.69) is 38.1 Å². The number of hydrogen-bond donors (Lipinski definition) is 0. The smallest absolute Gasteiger partial charge is 0.289 e. The van der Waals surface area contributed by atoms with Crippen molar-refractivity contribution < 1.29 is 4.43 Å². The third-order valence-electron chi connectivity index (χ3n) is 2.87. The van der Waals surface area contributed by atoms with E-state index >= 15 is 0 Å². The highest BCUT2D eigenvalue weighted by molar-refractivity contribution is 7.16. The van der Waals surface area contributed by atoms with Crippen LogP contribution in [0, 0.1) is 0 Å². The Balaban J connectivity index is 2.22. The van der Waals surface area contributed by atoms with Crippen molar-refractivity contribution in [3.63, 3.8) is 0 Å². The maximum absolute atomic E-state index is 6.41. The van der Waals surface area contributed by atoms with Crippen LogP contribution in [0.25, 0.3) is 0 Å². The summed E-state index contributed by atoms with van der Waals surface area (Å²) in [5, 5.41) is 0. The zero-order chi connectivity index (χ0) is 11.9. The van der Waals surface area contributed by atoms with E-state index in [4.69, 9.17) is 15.5 Å². The first-order valence-electron chi connectivity index (χ1n) is 6.07. The van der Waals surface area contributed by atoms with Crippen LogP contribution in [-0.2, 0) is 10.8 Å². The summed E-state index contributed by atoms with van der Waals surface area (Å²) in [6.07, 6.45) is 2.14. The molecule has 16 heavy (non-hydrogen) atoms. The quantitative estimate of drug-likeness (QED) is 0.400. The van der Waals surface area contributed by atoms with Gasteiger partial charge in [-0.3, -0.25) is 0 Å². The second-order valence-corrected chi connectivity index (χ2v) is 9.56. The van der Waals surface area contributed by atoms with Gasteiger partial charge in [0.25, 0.3) is 7.63 Å². The molecule has 1 aromatic carbocycles. The topological polar surface area (TPSA) is 9.23 Å². The van der Waals surface area contributed by atoms with Crippen molar-refractivity contribution in [1.29, 1.82) is 0 Å². The molecule has 0 spiro atoms. The van der Waals surface area contributed by atoms with Crippen molar-refractivity contribution in [3.8, 4) is 0 Å². The van der Waals surface area contributed by atoms with Gasteiger partial charge in [0, 0.05) is 6.61 Å². The fraction of sp³-hybridized carbons (Fsp3) is 0.538. The average Bonchev–Trinajstić information content (AvgIpc) is 2.36. The molecule has 1 nitrogen and oxygen atoms in total. The lowest BCUT2D eigenvalue weighted by atomic mass is 10.1. The Bertz CT molecular complexity index is 285. The minimum absolute atomic E-state index is 0.798. The summed E-state index contributed by atoms with van der Waals surface area (Å²) >= 11 is 6.41. The Hall–Kier alpha value is -0.313. The predicted molar refractivity (Wildman–Crippen MR) is 73.3 cm³/mol. The van der Waals surface area contributed by atoms with Crippen LogP contribution in [0.1, 0.15) is 25.8 Å². The molecule has 0 amide bonds. The molecule has 3 heteroatoms. The number of rotatable bonds is 7. The van der Waals surface area contributed by atoms with Crippen LogP contribution >= 0.6 is 11.1 Å². The SMILES string of the molecule is CC[Si](Cl)(CC)OCCCc1ccccc1. The lowest BCUT2D eigenvalue weighted by molar-refractivity contribution is 0.306. The first kappa shape index (κ1) is 13.8. The summed E-state index contributed by atoms with van der Waals surface area (Å²) in [6, 6.07) is 12.5. The molecule has 0 aromatic heterocycles. The van der Waals surface area contributed by atoms with Gasteiger partial charge in [0.1, 0.15) is 0 Å². The largest absolute Gasteiger partial charge is 0.403 e. The minimum atomic E-state index is -1.86. The van der Waals surface area contributed by atoms with Gasteiger partial charge in [0.15, 0.2) is 0 Å². The van der Waals surface area contributed by atoms with E-state index in [0.717, 1.165) is 31.5 Å². The summed E-state index contributed by atoms with van der Waals surface area (Å²) < 4.78 is 5.85. The third-order valence-corrected chi connectivity index (χ3v) is 7.63. The summed E-state index contributed by atoms with van der Waals surface area (Å²) in [7, 11) is -1.86. The maximum Gasteiger partial charge on any atom is 0.289 e. The van der Waals surface area contributed by atoms with Crippen molar-refractivity contribution in [2.45, 2.75) is 38.8 Å². The van der Waals surface area contributed by atoms with E-state index in [1.54, 1.807) is 0 Å². The molecule has 0 bridgehead atoms. The number of aryl methyl sites for hydroxylation is 1. The third kappa shape index (κ3) is 4.68. The van der Waals surface area contributed by atoms with Crippen LogP contribution in [0.4, 0.5) is 0 Å². The molecule has 0 aliphatic carbocycles. The molecule has 0 saturated carbocycles. The average molecular weight is 257 g/mol. The highest BCUT2D eigenvalue weighted by Crippen LogP contribution is 2.21. The first-order chi connectivity index (χ1) is 7.70. The van der Waals surface area contributed by atoms with Crippen LogP contribution in [-0.4, -0.2) is 14.2 Å². The van der Waals surface area contributed by atoms with Crippen molar-refractivity contribution >= 4 is 18.7 Å². The molecule has 0 N–H and O–H groups in total. The van der Waals surface area contributed by atoms with E-state index in [1.807, 2.05) is 6.07 Å². The predicted octanol–water partition coefficient (Wildman–Crippen LogP) is 4.36. The summed E-state index contributed by atoms with van der Waals surface area (Å²) in [6.45, 7) is 5.05. The van der Waals surface area contributed by atoms with E-state index in [-0.39, 0.29) is 0 Å². The minimum Gasteiger partial charge on any atom is -0.403 e. The van der Waals surface area contributed by atoms with Gasteiger partial charge in [-0.15, -0.1) is 11.1 Å². The number of hydrogen-bond acceptors (Lipinski definition) is 1. The Morgan fingerprint density at radius 2 is 1.75 bits per heavy atom. The number of benzene rings is 1. The van der Waals surface area contributed by atoms with Gasteiger partial charge in [0.05, 0.1) is 0 Å². The fourth-order valence-electron chi connectivity index (χ4n) is 1.63. The van der Waals surface area contributed by atoms with E-state index in [0.29, 0.717) is 0 Å². The van der Waals surface area contributed by atoms with Gasteiger partial charge < -0.3 is 4.43 Å². The molecule has 0 saturated heterocycles. The zero-order valence-corrected chi connectivity index (χ0v) is 12.0. The summed E-state index contributed by atoms with van der Waals surface area (Å²) in [5.41, 5.74) is 1.38. The van der Waals surface area contributed by atoms with E-state index < -0.39 is 7.63 Å². The van der Waals surface area contributed by atoms with Crippen molar-refractivity contribution in [2.75, 3.05) is 6.61 Å². The Morgan fingerprint density at radius 1 is 1.12 bits per heavy atom. The van der Waals surface area contributed by atoms with Crippen LogP contribution in [0.15, 0.2) is 30.3 Å². The Labute approximate surface area is 105 Å². The highest BCUT2D eigenvalue weighted by Gasteiger charge is 2.27. The normalized spacial score (nSPS) is 11.7. The monoisotopic (exact) mass is 256 g/mol. The molecule has 0 radical (unpaired) electrons. The van der Waals surface area contributed by atoms with Gasteiger partial charge in [0.2, 0.25) is 0 Å². The summed E-state index contributed by atoms with van der Waals surface area (Å²) in [4.78, 5) is 0. The first-order valence-corrected chi connectivity index (χ1v) is 9.40.